The van der Waals surface area contributed by atoms with Gasteiger partial charge < -0.3 is 20.3 Å². The monoisotopic (exact) mass is 900 g/mol. The number of unbranched alkanes of at least 4 members (excludes halogenated alkanes) is 19. The minimum absolute atomic E-state index is 0.0642. The van der Waals surface area contributed by atoms with Crippen LogP contribution in [0.25, 0.3) is 0 Å². The highest BCUT2D eigenvalue weighted by Crippen LogP contribution is 2.16. The predicted octanol–water partition coefficient (Wildman–Crippen LogP) is 16.1. The average Bonchev–Trinajstić information content (AvgIpc) is 3.30. The second-order valence-corrected chi connectivity index (χ2v) is 17.3. The van der Waals surface area contributed by atoms with Crippen LogP contribution in [0.1, 0.15) is 213 Å². The molecule has 0 heterocycles. The van der Waals surface area contributed by atoms with Gasteiger partial charge in [-0.25, -0.2) is 0 Å². The SMILES string of the molecule is CC/C=C/C/C=C/C/C=C/C/C=C/C/C=C/C(CC(=O)NC(CO)C(O)CCCCCCCCCCCCCCCC)OC(=O)CCCCCCC/C=C/C=C/C=C/C=C/C=C/CCC. The van der Waals surface area contributed by atoms with Crippen LogP contribution in [-0.4, -0.2) is 46.9 Å². The summed E-state index contributed by atoms with van der Waals surface area (Å²) in [7, 11) is 0. The molecule has 6 heteroatoms. The van der Waals surface area contributed by atoms with Crippen LogP contribution in [0.15, 0.2) is 122 Å². The summed E-state index contributed by atoms with van der Waals surface area (Å²) in [5.74, 6) is -0.668. The Bertz CT molecular complexity index is 1380. The fourth-order valence-electron chi connectivity index (χ4n) is 7.19. The van der Waals surface area contributed by atoms with Gasteiger partial charge in [0.2, 0.25) is 5.91 Å². The molecule has 0 aromatic carbocycles. The topological polar surface area (TPSA) is 95.9 Å². The normalized spacial score (nSPS) is 14.2. The van der Waals surface area contributed by atoms with Crippen LogP contribution >= 0.6 is 0 Å². The first-order chi connectivity index (χ1) is 32.0. The number of ether oxygens (including phenoxy) is 1. The largest absolute Gasteiger partial charge is 0.458 e. The molecule has 1 amide bonds. The second-order valence-electron chi connectivity index (χ2n) is 17.3. The number of aliphatic hydroxyl groups excluding tert-OH is 2. The molecule has 0 radical (unpaired) electrons. The number of carbonyl (C=O) groups excluding carboxylic acids is 2. The van der Waals surface area contributed by atoms with Crippen molar-refractivity contribution in [1.82, 2.24) is 5.32 Å². The predicted molar refractivity (Wildman–Crippen MR) is 282 cm³/mol. The summed E-state index contributed by atoms with van der Waals surface area (Å²) in [6.07, 6.45) is 71.4. The number of esters is 1. The molecule has 0 rings (SSSR count). The lowest BCUT2D eigenvalue weighted by Crippen LogP contribution is -2.46. The summed E-state index contributed by atoms with van der Waals surface area (Å²) in [5.41, 5.74) is 0. The van der Waals surface area contributed by atoms with Gasteiger partial charge in [0.25, 0.3) is 0 Å². The van der Waals surface area contributed by atoms with Crippen molar-refractivity contribution >= 4 is 11.9 Å². The van der Waals surface area contributed by atoms with E-state index < -0.39 is 18.2 Å². The van der Waals surface area contributed by atoms with Crippen LogP contribution in [0.4, 0.5) is 0 Å². The van der Waals surface area contributed by atoms with Gasteiger partial charge in [-0.3, -0.25) is 9.59 Å². The van der Waals surface area contributed by atoms with E-state index in [1.807, 2.05) is 30.4 Å². The van der Waals surface area contributed by atoms with E-state index in [1.165, 1.54) is 77.0 Å². The van der Waals surface area contributed by atoms with Gasteiger partial charge in [0, 0.05) is 6.42 Å². The molecule has 0 saturated carbocycles. The Morgan fingerprint density at radius 1 is 0.492 bits per heavy atom. The Balaban J connectivity index is 4.78. The minimum Gasteiger partial charge on any atom is -0.458 e. The van der Waals surface area contributed by atoms with Crippen LogP contribution in [-0.2, 0) is 14.3 Å². The fraction of sp³-hybridized carbons (Fsp3) is 0.627. The number of nitrogens with one attached hydrogen (secondary N) is 1. The van der Waals surface area contributed by atoms with E-state index in [0.29, 0.717) is 19.3 Å². The third-order valence-corrected chi connectivity index (χ3v) is 11.1. The summed E-state index contributed by atoms with van der Waals surface area (Å²) in [6.45, 7) is 6.23. The van der Waals surface area contributed by atoms with Crippen molar-refractivity contribution in [1.29, 1.82) is 0 Å². The molecule has 368 valence electrons. The number of allylic oxidation sites excluding steroid dienone is 19. The maximum absolute atomic E-state index is 13.2. The molecule has 0 aliphatic carbocycles. The van der Waals surface area contributed by atoms with E-state index in [9.17, 15) is 19.8 Å². The Labute approximate surface area is 400 Å². The molecule has 6 nitrogen and oxygen atoms in total. The van der Waals surface area contributed by atoms with Crippen LogP contribution in [0.3, 0.4) is 0 Å². The third-order valence-electron chi connectivity index (χ3n) is 11.1. The summed E-state index contributed by atoms with van der Waals surface area (Å²) < 4.78 is 5.82. The van der Waals surface area contributed by atoms with Gasteiger partial charge in [-0.15, -0.1) is 0 Å². The van der Waals surface area contributed by atoms with Crippen molar-refractivity contribution in [2.75, 3.05) is 6.61 Å². The average molecular weight is 900 g/mol. The van der Waals surface area contributed by atoms with E-state index in [2.05, 4.69) is 111 Å². The van der Waals surface area contributed by atoms with Gasteiger partial charge >= 0.3 is 5.97 Å². The molecule has 0 saturated heterocycles. The molecule has 65 heavy (non-hydrogen) atoms. The molecule has 3 atom stereocenters. The number of amides is 1. The smallest absolute Gasteiger partial charge is 0.306 e. The second kappa shape index (κ2) is 51.2. The number of carbonyl (C=O) groups is 2. The number of hydrogen-bond acceptors (Lipinski definition) is 5. The van der Waals surface area contributed by atoms with Crippen molar-refractivity contribution in [3.8, 4) is 0 Å². The van der Waals surface area contributed by atoms with Gasteiger partial charge in [-0.1, -0.05) is 252 Å². The maximum Gasteiger partial charge on any atom is 0.306 e. The minimum atomic E-state index is -0.832. The van der Waals surface area contributed by atoms with Gasteiger partial charge in [-0.2, -0.15) is 0 Å². The van der Waals surface area contributed by atoms with Crippen molar-refractivity contribution in [2.24, 2.45) is 0 Å². The Morgan fingerprint density at radius 2 is 0.938 bits per heavy atom. The van der Waals surface area contributed by atoms with Crippen molar-refractivity contribution < 1.29 is 24.5 Å². The van der Waals surface area contributed by atoms with Gasteiger partial charge in [0.15, 0.2) is 0 Å². The van der Waals surface area contributed by atoms with Gasteiger partial charge in [0.1, 0.15) is 6.10 Å². The van der Waals surface area contributed by atoms with Gasteiger partial charge in [-0.05, 0) is 70.3 Å². The first kappa shape index (κ1) is 61.3. The van der Waals surface area contributed by atoms with Crippen LogP contribution in [0, 0.1) is 0 Å². The molecule has 0 fully saturated rings. The number of hydrogen-bond donors (Lipinski definition) is 3. The third kappa shape index (κ3) is 46.6. The molecular weight excluding hydrogens is 803 g/mol. The molecule has 0 aromatic rings. The van der Waals surface area contributed by atoms with Crippen LogP contribution < -0.4 is 5.32 Å². The van der Waals surface area contributed by atoms with E-state index in [0.717, 1.165) is 89.9 Å². The number of aliphatic hydroxyl groups is 2. The fourth-order valence-corrected chi connectivity index (χ4v) is 7.19. The highest BCUT2D eigenvalue weighted by molar-refractivity contribution is 5.78. The summed E-state index contributed by atoms with van der Waals surface area (Å²) >= 11 is 0. The van der Waals surface area contributed by atoms with Crippen molar-refractivity contribution in [3.05, 3.63) is 122 Å². The molecule has 3 unspecified atom stereocenters. The molecule has 0 aliphatic rings. The van der Waals surface area contributed by atoms with E-state index in [1.54, 1.807) is 6.08 Å². The molecule has 0 spiro atoms. The zero-order chi connectivity index (χ0) is 47.4. The Hall–Kier alpha value is -3.74. The zero-order valence-corrected chi connectivity index (χ0v) is 41.8. The van der Waals surface area contributed by atoms with Crippen LogP contribution in [0.2, 0.25) is 0 Å². The highest BCUT2D eigenvalue weighted by atomic mass is 16.5. The highest BCUT2D eigenvalue weighted by Gasteiger charge is 2.23. The first-order valence-electron chi connectivity index (χ1n) is 26.3. The van der Waals surface area contributed by atoms with E-state index >= 15 is 0 Å². The molecular formula is C59H97NO5. The Kier molecular flexibility index (Phi) is 48.3. The van der Waals surface area contributed by atoms with Crippen molar-refractivity contribution in [2.45, 2.75) is 232 Å². The molecule has 0 aromatic heterocycles. The quantitative estimate of drug-likeness (QED) is 0.0245. The van der Waals surface area contributed by atoms with E-state index in [4.69, 9.17) is 4.74 Å². The maximum atomic E-state index is 13.2. The summed E-state index contributed by atoms with van der Waals surface area (Å²) in [6, 6.07) is -0.756. The lowest BCUT2D eigenvalue weighted by Gasteiger charge is -2.23. The summed E-state index contributed by atoms with van der Waals surface area (Å²) in [5, 5.41) is 23.7. The molecule has 3 N–H and O–H groups in total. The lowest BCUT2D eigenvalue weighted by atomic mass is 10.0. The molecule has 0 aliphatic heterocycles. The standard InChI is InChI=1S/C59H97NO5/c1-4-7-10-13-16-19-22-25-28-29-30-31-34-37-40-43-46-49-52-59(64)65-55(50-47-44-41-38-35-32-26-23-20-17-14-11-8-5-2)53-58(63)60-56(54-61)57(62)51-48-45-42-39-36-33-27-24-21-18-15-12-9-6-3/h8,10-11,13,16-17,19-20,22,25-26,28-32,38,41,47,50,55-57,61-62H,4-7,9,12,14-15,18,21,23-24,27,33-37,39-40,42-46,48-49,51-54H2,1-3H3,(H,60,63)/b11-8+,13-10+,19-16+,20-17+,25-22+,29-28+,31-30+,32-26+,41-38+,50-47+. The van der Waals surface area contributed by atoms with Crippen LogP contribution in [0.5, 0.6) is 0 Å². The molecule has 0 bridgehead atoms. The van der Waals surface area contributed by atoms with Gasteiger partial charge in [0.05, 0.1) is 25.2 Å². The number of rotatable bonds is 45. The lowest BCUT2D eigenvalue weighted by molar-refractivity contribution is -0.148. The summed E-state index contributed by atoms with van der Waals surface area (Å²) in [4.78, 5) is 26.1. The first-order valence-corrected chi connectivity index (χ1v) is 26.3. The van der Waals surface area contributed by atoms with E-state index in [-0.39, 0.29) is 24.9 Å². The Morgan fingerprint density at radius 3 is 1.45 bits per heavy atom. The zero-order valence-electron chi connectivity index (χ0n) is 41.8. The van der Waals surface area contributed by atoms with Crippen molar-refractivity contribution in [3.63, 3.8) is 0 Å².